The predicted molar refractivity (Wildman–Crippen MR) is 179 cm³/mol. The lowest BCUT2D eigenvalue weighted by molar-refractivity contribution is -0.157. The van der Waals surface area contributed by atoms with Gasteiger partial charge in [0.1, 0.15) is 11.5 Å². The SMILES string of the molecule is CCC(CC)N1C(=O)C(C)(CC(CO)C(=O)NCc2ccc(OC)cc2OC)CC(c2cccc(Cl)c2)C1c1ccc(Cl)cc1. The highest BCUT2D eigenvalue weighted by Gasteiger charge is 2.52. The fourth-order valence-electron chi connectivity index (χ4n) is 6.76. The Hall–Kier alpha value is -3.26. The number of rotatable bonds is 13. The lowest BCUT2D eigenvalue weighted by atomic mass is 9.65. The van der Waals surface area contributed by atoms with Crippen LogP contribution in [0.3, 0.4) is 0 Å². The molecule has 1 fully saturated rings. The van der Waals surface area contributed by atoms with Crippen LogP contribution in [0.1, 0.15) is 75.1 Å². The monoisotopic (exact) mass is 654 g/mol. The summed E-state index contributed by atoms with van der Waals surface area (Å²) in [6.07, 6.45) is 2.22. The molecule has 3 aromatic carbocycles. The van der Waals surface area contributed by atoms with Crippen LogP contribution in [-0.2, 0) is 16.1 Å². The molecule has 0 bridgehead atoms. The van der Waals surface area contributed by atoms with Crippen LogP contribution >= 0.6 is 23.2 Å². The molecule has 4 unspecified atom stereocenters. The molecule has 242 valence electrons. The van der Waals surface area contributed by atoms with E-state index in [2.05, 4.69) is 25.2 Å². The average molecular weight is 656 g/mol. The molecule has 9 heteroatoms. The Morgan fingerprint density at radius 2 is 1.71 bits per heavy atom. The largest absolute Gasteiger partial charge is 0.497 e. The molecule has 0 aliphatic carbocycles. The van der Waals surface area contributed by atoms with E-state index in [1.54, 1.807) is 26.4 Å². The highest BCUT2D eigenvalue weighted by atomic mass is 35.5. The van der Waals surface area contributed by atoms with E-state index >= 15 is 0 Å². The molecule has 0 aromatic heterocycles. The molecule has 1 saturated heterocycles. The molecular formula is C36H44Cl2N2O5. The average Bonchev–Trinajstić information content (AvgIpc) is 3.05. The van der Waals surface area contributed by atoms with E-state index < -0.39 is 11.3 Å². The number of halogens is 2. The summed E-state index contributed by atoms with van der Waals surface area (Å²) < 4.78 is 10.8. The third-order valence-electron chi connectivity index (χ3n) is 9.16. The number of ether oxygens (including phenoxy) is 2. The summed E-state index contributed by atoms with van der Waals surface area (Å²) in [5, 5.41) is 14.7. The predicted octanol–water partition coefficient (Wildman–Crippen LogP) is 7.58. The van der Waals surface area contributed by atoms with Gasteiger partial charge in [-0.3, -0.25) is 9.59 Å². The Bertz CT molecular complexity index is 1460. The van der Waals surface area contributed by atoms with Gasteiger partial charge in [-0.1, -0.05) is 68.2 Å². The van der Waals surface area contributed by atoms with E-state index in [1.807, 2.05) is 60.4 Å². The van der Waals surface area contributed by atoms with Gasteiger partial charge in [-0.05, 0) is 73.2 Å². The van der Waals surface area contributed by atoms with Gasteiger partial charge in [0.25, 0.3) is 0 Å². The molecule has 45 heavy (non-hydrogen) atoms. The van der Waals surface area contributed by atoms with Crippen LogP contribution in [0, 0.1) is 11.3 Å². The van der Waals surface area contributed by atoms with Gasteiger partial charge in [-0.25, -0.2) is 0 Å². The molecular weight excluding hydrogens is 611 g/mol. The maximum Gasteiger partial charge on any atom is 0.229 e. The highest BCUT2D eigenvalue weighted by molar-refractivity contribution is 6.30. The van der Waals surface area contributed by atoms with E-state index in [9.17, 15) is 14.7 Å². The van der Waals surface area contributed by atoms with Crippen molar-refractivity contribution in [3.8, 4) is 11.5 Å². The summed E-state index contributed by atoms with van der Waals surface area (Å²) in [4.78, 5) is 30.3. The lowest BCUT2D eigenvalue weighted by Crippen LogP contribution is -2.56. The second-order valence-corrected chi connectivity index (χ2v) is 13.0. The Morgan fingerprint density at radius 3 is 2.31 bits per heavy atom. The van der Waals surface area contributed by atoms with Crippen LogP contribution in [0.25, 0.3) is 0 Å². The van der Waals surface area contributed by atoms with Crippen molar-refractivity contribution < 1.29 is 24.2 Å². The first-order valence-corrected chi connectivity index (χ1v) is 16.3. The Labute approximate surface area is 276 Å². The van der Waals surface area contributed by atoms with Crippen LogP contribution < -0.4 is 14.8 Å². The zero-order valence-corrected chi connectivity index (χ0v) is 28.2. The molecule has 4 atom stereocenters. The second kappa shape index (κ2) is 15.4. The van der Waals surface area contributed by atoms with Crippen LogP contribution in [-0.4, -0.2) is 48.7 Å². The molecule has 2 N–H and O–H groups in total. The zero-order chi connectivity index (χ0) is 32.7. The van der Waals surface area contributed by atoms with Crippen molar-refractivity contribution in [2.45, 2.75) is 71.0 Å². The third-order valence-corrected chi connectivity index (χ3v) is 9.65. The van der Waals surface area contributed by atoms with Gasteiger partial charge in [-0.15, -0.1) is 0 Å². The number of piperidine rings is 1. The van der Waals surface area contributed by atoms with Crippen molar-refractivity contribution in [3.05, 3.63) is 93.5 Å². The quantitative estimate of drug-likeness (QED) is 0.198. The molecule has 1 heterocycles. The Balaban J connectivity index is 1.69. The molecule has 1 aliphatic rings. The number of carbonyl (C=O) groups excluding carboxylic acids is 2. The minimum atomic E-state index is -0.930. The van der Waals surface area contributed by atoms with Gasteiger partial charge in [-0.2, -0.15) is 0 Å². The first-order chi connectivity index (χ1) is 21.6. The van der Waals surface area contributed by atoms with Crippen molar-refractivity contribution in [3.63, 3.8) is 0 Å². The van der Waals surface area contributed by atoms with Crippen molar-refractivity contribution in [1.82, 2.24) is 10.2 Å². The van der Waals surface area contributed by atoms with Gasteiger partial charge >= 0.3 is 0 Å². The Morgan fingerprint density at radius 1 is 1.00 bits per heavy atom. The maximum absolute atomic E-state index is 14.7. The van der Waals surface area contributed by atoms with Crippen molar-refractivity contribution in [2.75, 3.05) is 20.8 Å². The summed E-state index contributed by atoms with van der Waals surface area (Å²) in [5.41, 5.74) is 1.86. The summed E-state index contributed by atoms with van der Waals surface area (Å²) in [5.74, 6) is -0.0109. The minimum Gasteiger partial charge on any atom is -0.497 e. The summed E-state index contributed by atoms with van der Waals surface area (Å²) in [7, 11) is 3.14. The molecule has 0 spiro atoms. The molecule has 0 saturated carbocycles. The first kappa shape index (κ1) is 34.6. The van der Waals surface area contributed by atoms with E-state index in [-0.39, 0.29) is 49.4 Å². The number of aliphatic hydroxyl groups excluding tert-OH is 1. The molecule has 0 radical (unpaired) electrons. The van der Waals surface area contributed by atoms with Crippen molar-refractivity contribution in [1.29, 1.82) is 0 Å². The van der Waals surface area contributed by atoms with Crippen molar-refractivity contribution >= 4 is 35.0 Å². The topological polar surface area (TPSA) is 88.1 Å². The van der Waals surface area contributed by atoms with Crippen LogP contribution in [0.15, 0.2) is 66.7 Å². The van der Waals surface area contributed by atoms with E-state index in [0.29, 0.717) is 28.0 Å². The zero-order valence-electron chi connectivity index (χ0n) is 26.7. The Kier molecular flexibility index (Phi) is 11.8. The fourth-order valence-corrected chi connectivity index (χ4v) is 7.09. The molecule has 7 nitrogen and oxygen atoms in total. The molecule has 2 amide bonds. The van der Waals surface area contributed by atoms with Gasteiger partial charge in [0.05, 0.1) is 32.8 Å². The van der Waals surface area contributed by atoms with E-state index in [0.717, 1.165) is 29.5 Å². The van der Waals surface area contributed by atoms with Crippen molar-refractivity contribution in [2.24, 2.45) is 11.3 Å². The van der Waals surface area contributed by atoms with Gasteiger partial charge in [0.15, 0.2) is 0 Å². The summed E-state index contributed by atoms with van der Waals surface area (Å²) in [6.45, 7) is 5.94. The number of benzene rings is 3. The first-order valence-electron chi connectivity index (χ1n) is 15.5. The van der Waals surface area contributed by atoms with Gasteiger partial charge in [0.2, 0.25) is 11.8 Å². The molecule has 3 aromatic rings. The lowest BCUT2D eigenvalue weighted by Gasteiger charge is -2.52. The van der Waals surface area contributed by atoms with Gasteiger partial charge < -0.3 is 24.8 Å². The smallest absolute Gasteiger partial charge is 0.229 e. The number of aliphatic hydroxyl groups is 1. The summed E-state index contributed by atoms with van der Waals surface area (Å²) in [6, 6.07) is 20.6. The summed E-state index contributed by atoms with van der Waals surface area (Å²) >= 11 is 12.8. The normalized spacial score (nSPS) is 20.6. The highest BCUT2D eigenvalue weighted by Crippen LogP contribution is 2.53. The second-order valence-electron chi connectivity index (χ2n) is 12.1. The van der Waals surface area contributed by atoms with E-state index in [4.69, 9.17) is 32.7 Å². The van der Waals surface area contributed by atoms with Crippen LogP contribution in [0.5, 0.6) is 11.5 Å². The third kappa shape index (κ3) is 7.76. The fraction of sp³-hybridized carbons (Fsp3) is 0.444. The number of likely N-dealkylation sites (tertiary alicyclic amines) is 1. The number of methoxy groups -OCH3 is 2. The number of carbonyl (C=O) groups is 2. The maximum atomic E-state index is 14.7. The van der Waals surface area contributed by atoms with Gasteiger partial charge in [0, 0.05) is 45.6 Å². The number of hydrogen-bond acceptors (Lipinski definition) is 5. The van der Waals surface area contributed by atoms with Crippen LogP contribution in [0.4, 0.5) is 0 Å². The van der Waals surface area contributed by atoms with Crippen LogP contribution in [0.2, 0.25) is 10.0 Å². The number of nitrogens with one attached hydrogen (secondary N) is 1. The number of hydrogen-bond donors (Lipinski definition) is 2. The molecule has 4 rings (SSSR count). The standard InChI is InChI=1S/C36H44Cl2N2O5/c1-6-29(7-2)40-33(23-11-14-27(37)15-12-23)31(24-9-8-10-28(38)17-24)20-36(3,35(40)43)19-26(22-41)34(42)39-21-25-13-16-30(44-4)18-32(25)45-5/h8-18,26,29,31,33,41H,6-7,19-22H2,1-5H3,(H,39,42). The minimum absolute atomic E-state index is 0.0162. The van der Waals surface area contributed by atoms with E-state index in [1.165, 1.54) is 0 Å². The number of amides is 2. The number of nitrogens with zero attached hydrogens (tertiary/aromatic N) is 1. The molecule has 1 aliphatic heterocycles.